The van der Waals surface area contributed by atoms with Crippen LogP contribution in [-0.2, 0) is 0 Å². The second-order valence-corrected chi connectivity index (χ2v) is 4.53. The van der Waals surface area contributed by atoms with E-state index in [0.717, 1.165) is 18.7 Å². The predicted octanol–water partition coefficient (Wildman–Crippen LogP) is 2.33. The molecule has 0 radical (unpaired) electrons. The average molecular weight is 269 g/mol. The first-order chi connectivity index (χ1) is 8.31. The highest BCUT2D eigenvalue weighted by Crippen LogP contribution is 2.23. The topological polar surface area (TPSA) is 41.1 Å². The number of amides is 1. The smallest absolute Gasteiger partial charge is 0.251 e. The van der Waals surface area contributed by atoms with Crippen molar-refractivity contribution in [1.82, 2.24) is 10.6 Å². The first-order valence-electron chi connectivity index (χ1n) is 6.40. The Kier molecular flexibility index (Phi) is 6.16. The predicted molar refractivity (Wildman–Crippen MR) is 76.5 cm³/mol. The van der Waals surface area contributed by atoms with Gasteiger partial charge in [-0.05, 0) is 49.9 Å². The van der Waals surface area contributed by atoms with Crippen LogP contribution in [-0.4, -0.2) is 25.5 Å². The fourth-order valence-electron chi connectivity index (χ4n) is 2.33. The molecule has 4 heteroatoms. The first-order valence-corrected chi connectivity index (χ1v) is 6.40. The minimum absolute atomic E-state index is 0. The van der Waals surface area contributed by atoms with Crippen molar-refractivity contribution in [3.8, 4) is 0 Å². The van der Waals surface area contributed by atoms with Gasteiger partial charge in [-0.15, -0.1) is 12.4 Å². The number of benzene rings is 1. The van der Waals surface area contributed by atoms with Gasteiger partial charge in [0.2, 0.25) is 0 Å². The normalized spacial score (nSPS) is 18.8. The standard InChI is InChI=1S/C14H20N2O.ClH/c1-2-16-14(17)12-6-3-5-11(9-12)13-7-4-8-15-10-13;/h3,5-6,9,13,15H,2,4,7-8,10H2,1H3,(H,16,17);1H. The molecule has 0 aliphatic carbocycles. The van der Waals surface area contributed by atoms with Crippen molar-refractivity contribution < 1.29 is 4.79 Å². The van der Waals surface area contributed by atoms with Crippen molar-refractivity contribution in [2.75, 3.05) is 19.6 Å². The lowest BCUT2D eigenvalue weighted by Gasteiger charge is -2.23. The van der Waals surface area contributed by atoms with Crippen LogP contribution in [0.15, 0.2) is 24.3 Å². The Hall–Kier alpha value is -1.06. The molecule has 1 aliphatic rings. The molecule has 1 fully saturated rings. The van der Waals surface area contributed by atoms with Crippen LogP contribution in [0.25, 0.3) is 0 Å². The van der Waals surface area contributed by atoms with E-state index in [1.807, 2.05) is 25.1 Å². The molecule has 0 spiro atoms. The third-order valence-corrected chi connectivity index (χ3v) is 3.25. The molecule has 1 atom stereocenters. The summed E-state index contributed by atoms with van der Waals surface area (Å²) in [4.78, 5) is 11.8. The van der Waals surface area contributed by atoms with E-state index in [0.29, 0.717) is 12.5 Å². The van der Waals surface area contributed by atoms with Crippen molar-refractivity contribution in [2.45, 2.75) is 25.7 Å². The Morgan fingerprint density at radius 2 is 2.33 bits per heavy atom. The summed E-state index contributed by atoms with van der Waals surface area (Å²) in [6.07, 6.45) is 2.43. The minimum Gasteiger partial charge on any atom is -0.352 e. The molecule has 1 aliphatic heterocycles. The number of nitrogens with one attached hydrogen (secondary N) is 2. The Morgan fingerprint density at radius 1 is 1.50 bits per heavy atom. The fraction of sp³-hybridized carbons (Fsp3) is 0.500. The summed E-state index contributed by atoms with van der Waals surface area (Å²) in [5, 5.41) is 6.24. The third-order valence-electron chi connectivity index (χ3n) is 3.25. The summed E-state index contributed by atoms with van der Waals surface area (Å²) in [5.41, 5.74) is 2.05. The van der Waals surface area contributed by atoms with Crippen LogP contribution in [0.5, 0.6) is 0 Å². The second-order valence-electron chi connectivity index (χ2n) is 4.53. The molecule has 2 N–H and O–H groups in total. The summed E-state index contributed by atoms with van der Waals surface area (Å²) in [6.45, 7) is 4.76. The van der Waals surface area contributed by atoms with Gasteiger partial charge in [0, 0.05) is 18.7 Å². The Bertz CT molecular complexity index is 389. The number of hydrogen-bond acceptors (Lipinski definition) is 2. The highest BCUT2D eigenvalue weighted by atomic mass is 35.5. The van der Waals surface area contributed by atoms with E-state index < -0.39 is 0 Å². The molecular formula is C14H21ClN2O. The molecule has 1 amide bonds. The molecule has 0 bridgehead atoms. The summed E-state index contributed by atoms with van der Waals surface area (Å²) in [6, 6.07) is 8.02. The number of piperidine rings is 1. The molecule has 1 heterocycles. The van der Waals surface area contributed by atoms with Crippen LogP contribution >= 0.6 is 12.4 Å². The van der Waals surface area contributed by atoms with Gasteiger partial charge in [-0.3, -0.25) is 4.79 Å². The van der Waals surface area contributed by atoms with E-state index in [9.17, 15) is 4.79 Å². The van der Waals surface area contributed by atoms with E-state index in [-0.39, 0.29) is 18.3 Å². The maximum absolute atomic E-state index is 11.8. The molecule has 100 valence electrons. The van der Waals surface area contributed by atoms with Crippen LogP contribution in [0.4, 0.5) is 0 Å². The van der Waals surface area contributed by atoms with Gasteiger partial charge in [0.05, 0.1) is 0 Å². The van der Waals surface area contributed by atoms with Gasteiger partial charge >= 0.3 is 0 Å². The highest BCUT2D eigenvalue weighted by Gasteiger charge is 2.16. The van der Waals surface area contributed by atoms with Gasteiger partial charge in [0.1, 0.15) is 0 Å². The summed E-state index contributed by atoms with van der Waals surface area (Å²) in [7, 11) is 0. The van der Waals surface area contributed by atoms with E-state index in [4.69, 9.17) is 0 Å². The molecular weight excluding hydrogens is 248 g/mol. The summed E-state index contributed by atoms with van der Waals surface area (Å²) >= 11 is 0. The molecule has 1 aromatic carbocycles. The second kappa shape index (κ2) is 7.39. The maximum Gasteiger partial charge on any atom is 0.251 e. The number of halogens is 1. The van der Waals surface area contributed by atoms with E-state index in [2.05, 4.69) is 16.7 Å². The quantitative estimate of drug-likeness (QED) is 0.883. The SMILES string of the molecule is CCNC(=O)c1cccc(C2CCCNC2)c1.Cl. The summed E-state index contributed by atoms with van der Waals surface area (Å²) < 4.78 is 0. The van der Waals surface area contributed by atoms with Crippen LogP contribution < -0.4 is 10.6 Å². The third kappa shape index (κ3) is 3.72. The van der Waals surface area contributed by atoms with Gasteiger partial charge in [0.15, 0.2) is 0 Å². The van der Waals surface area contributed by atoms with Crippen molar-refractivity contribution in [2.24, 2.45) is 0 Å². The molecule has 1 saturated heterocycles. The van der Waals surface area contributed by atoms with Crippen molar-refractivity contribution in [3.63, 3.8) is 0 Å². The molecule has 3 nitrogen and oxygen atoms in total. The van der Waals surface area contributed by atoms with E-state index >= 15 is 0 Å². The first kappa shape index (κ1) is 15.0. The van der Waals surface area contributed by atoms with Gasteiger partial charge < -0.3 is 10.6 Å². The fourth-order valence-corrected chi connectivity index (χ4v) is 2.33. The van der Waals surface area contributed by atoms with E-state index in [1.165, 1.54) is 18.4 Å². The number of carbonyl (C=O) groups excluding carboxylic acids is 1. The zero-order chi connectivity index (χ0) is 12.1. The van der Waals surface area contributed by atoms with Gasteiger partial charge in [-0.25, -0.2) is 0 Å². The lowest BCUT2D eigenvalue weighted by Crippen LogP contribution is -2.28. The van der Waals surface area contributed by atoms with Crippen molar-refractivity contribution in [3.05, 3.63) is 35.4 Å². The highest BCUT2D eigenvalue weighted by molar-refractivity contribution is 5.94. The number of rotatable bonds is 3. The lowest BCUT2D eigenvalue weighted by molar-refractivity contribution is 0.0955. The molecule has 1 unspecified atom stereocenters. The minimum atomic E-state index is 0. The van der Waals surface area contributed by atoms with Gasteiger partial charge in [0.25, 0.3) is 5.91 Å². The molecule has 2 rings (SSSR count). The lowest BCUT2D eigenvalue weighted by atomic mass is 9.90. The molecule has 0 saturated carbocycles. The Balaban J connectivity index is 0.00000162. The van der Waals surface area contributed by atoms with Gasteiger partial charge in [-0.1, -0.05) is 12.1 Å². The van der Waals surface area contributed by atoms with Crippen molar-refractivity contribution in [1.29, 1.82) is 0 Å². The number of carbonyl (C=O) groups is 1. The van der Waals surface area contributed by atoms with E-state index in [1.54, 1.807) is 0 Å². The summed E-state index contributed by atoms with van der Waals surface area (Å²) in [5.74, 6) is 0.580. The Labute approximate surface area is 115 Å². The molecule has 0 aromatic heterocycles. The average Bonchev–Trinajstić information content (AvgIpc) is 2.40. The zero-order valence-corrected chi connectivity index (χ0v) is 11.6. The van der Waals surface area contributed by atoms with Crippen LogP contribution in [0.2, 0.25) is 0 Å². The number of hydrogen-bond donors (Lipinski definition) is 2. The van der Waals surface area contributed by atoms with Crippen LogP contribution in [0.3, 0.4) is 0 Å². The Morgan fingerprint density at radius 3 is 3.00 bits per heavy atom. The monoisotopic (exact) mass is 268 g/mol. The molecule has 18 heavy (non-hydrogen) atoms. The molecule has 1 aromatic rings. The van der Waals surface area contributed by atoms with Crippen molar-refractivity contribution >= 4 is 18.3 Å². The zero-order valence-electron chi connectivity index (χ0n) is 10.7. The maximum atomic E-state index is 11.8. The van der Waals surface area contributed by atoms with Crippen LogP contribution in [0, 0.1) is 0 Å². The van der Waals surface area contributed by atoms with Gasteiger partial charge in [-0.2, -0.15) is 0 Å². The largest absolute Gasteiger partial charge is 0.352 e. The van der Waals surface area contributed by atoms with Crippen LogP contribution in [0.1, 0.15) is 41.6 Å².